The molecule has 1 amide bonds. The quantitative estimate of drug-likeness (QED) is 0.312. The highest BCUT2D eigenvalue weighted by Gasteiger charge is 2.06. The van der Waals surface area contributed by atoms with Crippen molar-refractivity contribution in [3.8, 4) is 5.75 Å². The molecule has 2 rings (SSSR count). The van der Waals surface area contributed by atoms with Crippen molar-refractivity contribution >= 4 is 47.4 Å². The number of methoxy groups -OCH3 is 1. The standard InChI is InChI=1S/C21H27ClN4O2.HI/c1-26(2)20(27)15-25-21(23-13-12-16-4-8-18(22)9-5-16)24-14-17-6-10-19(28-3)11-7-17;/h4-11H,12-15H2,1-3H3,(H2,23,24,25);1H. The number of hydrogen-bond acceptors (Lipinski definition) is 3. The first-order valence-electron chi connectivity index (χ1n) is 9.07. The van der Waals surface area contributed by atoms with Gasteiger partial charge in [-0.1, -0.05) is 35.9 Å². The second-order valence-electron chi connectivity index (χ2n) is 6.46. The highest BCUT2D eigenvalue weighted by Crippen LogP contribution is 2.12. The van der Waals surface area contributed by atoms with Crippen LogP contribution >= 0.6 is 35.6 Å². The third-order valence-corrected chi connectivity index (χ3v) is 4.36. The molecule has 0 fully saturated rings. The normalized spacial score (nSPS) is 10.7. The Balaban J connectivity index is 0.00000420. The lowest BCUT2D eigenvalue weighted by molar-refractivity contribution is -0.127. The molecule has 2 N–H and O–H groups in total. The maximum absolute atomic E-state index is 11.9. The van der Waals surface area contributed by atoms with Gasteiger partial charge in [-0.05, 0) is 41.8 Å². The second-order valence-corrected chi connectivity index (χ2v) is 6.89. The highest BCUT2D eigenvalue weighted by molar-refractivity contribution is 14.0. The Hall–Kier alpha value is -2.00. The topological polar surface area (TPSA) is 66.0 Å². The number of benzene rings is 2. The number of hydrogen-bond donors (Lipinski definition) is 2. The molecule has 0 aliphatic carbocycles. The Morgan fingerprint density at radius 3 is 2.24 bits per heavy atom. The Bertz CT molecular complexity index is 780. The molecule has 158 valence electrons. The molecular weight excluding hydrogens is 503 g/mol. The van der Waals surface area contributed by atoms with Crippen LogP contribution < -0.4 is 15.4 Å². The van der Waals surface area contributed by atoms with E-state index in [0.717, 1.165) is 22.8 Å². The Kier molecular flexibility index (Phi) is 11.5. The van der Waals surface area contributed by atoms with E-state index in [1.807, 2.05) is 48.5 Å². The Morgan fingerprint density at radius 1 is 1.03 bits per heavy atom. The lowest BCUT2D eigenvalue weighted by Gasteiger charge is -2.15. The van der Waals surface area contributed by atoms with E-state index in [1.165, 1.54) is 5.56 Å². The van der Waals surface area contributed by atoms with Crippen LogP contribution in [-0.4, -0.2) is 51.1 Å². The van der Waals surface area contributed by atoms with Crippen LogP contribution in [0.15, 0.2) is 53.5 Å². The van der Waals surface area contributed by atoms with Crippen LogP contribution in [0.4, 0.5) is 0 Å². The van der Waals surface area contributed by atoms with Crippen molar-refractivity contribution < 1.29 is 9.53 Å². The van der Waals surface area contributed by atoms with E-state index >= 15 is 0 Å². The van der Waals surface area contributed by atoms with Gasteiger partial charge in [0.05, 0.1) is 20.2 Å². The van der Waals surface area contributed by atoms with Gasteiger partial charge in [0.15, 0.2) is 5.96 Å². The zero-order valence-electron chi connectivity index (χ0n) is 16.9. The van der Waals surface area contributed by atoms with E-state index in [9.17, 15) is 4.79 Å². The zero-order valence-corrected chi connectivity index (χ0v) is 20.0. The summed E-state index contributed by atoms with van der Waals surface area (Å²) in [5, 5.41) is 7.10. The van der Waals surface area contributed by atoms with E-state index in [2.05, 4.69) is 15.6 Å². The van der Waals surface area contributed by atoms with Gasteiger partial charge in [0.2, 0.25) is 5.91 Å². The van der Waals surface area contributed by atoms with Crippen LogP contribution in [0.25, 0.3) is 0 Å². The van der Waals surface area contributed by atoms with Crippen LogP contribution in [0.3, 0.4) is 0 Å². The summed E-state index contributed by atoms with van der Waals surface area (Å²) in [6, 6.07) is 15.5. The molecule has 2 aromatic carbocycles. The summed E-state index contributed by atoms with van der Waals surface area (Å²) < 4.78 is 5.17. The number of nitrogens with one attached hydrogen (secondary N) is 2. The average Bonchev–Trinajstić information content (AvgIpc) is 2.71. The lowest BCUT2D eigenvalue weighted by Crippen LogP contribution is -2.43. The van der Waals surface area contributed by atoms with Crippen molar-refractivity contribution in [1.29, 1.82) is 0 Å². The minimum Gasteiger partial charge on any atom is -0.497 e. The lowest BCUT2D eigenvalue weighted by atomic mass is 10.1. The molecular formula is C21H28ClIN4O2. The molecule has 0 saturated heterocycles. The third kappa shape index (κ3) is 9.36. The minimum atomic E-state index is -0.0170. The van der Waals surface area contributed by atoms with Crippen molar-refractivity contribution in [3.05, 3.63) is 64.7 Å². The van der Waals surface area contributed by atoms with Crippen LogP contribution in [0.1, 0.15) is 11.1 Å². The molecule has 8 heteroatoms. The Morgan fingerprint density at radius 2 is 1.66 bits per heavy atom. The van der Waals surface area contributed by atoms with Crippen molar-refractivity contribution in [2.45, 2.75) is 13.0 Å². The number of aliphatic imine (C=N–C) groups is 1. The summed E-state index contributed by atoms with van der Waals surface area (Å²) in [6.45, 7) is 1.37. The predicted molar refractivity (Wildman–Crippen MR) is 129 cm³/mol. The van der Waals surface area contributed by atoms with Gasteiger partial charge in [-0.3, -0.25) is 4.79 Å². The molecule has 0 saturated carbocycles. The Labute approximate surface area is 194 Å². The number of carbonyl (C=O) groups is 1. The van der Waals surface area contributed by atoms with Crippen LogP contribution in [0, 0.1) is 0 Å². The fraction of sp³-hybridized carbons (Fsp3) is 0.333. The summed E-state index contributed by atoms with van der Waals surface area (Å²) in [5.74, 6) is 1.39. The first-order valence-corrected chi connectivity index (χ1v) is 9.45. The predicted octanol–water partition coefficient (Wildman–Crippen LogP) is 3.33. The number of guanidine groups is 1. The van der Waals surface area contributed by atoms with E-state index in [4.69, 9.17) is 16.3 Å². The summed E-state index contributed by atoms with van der Waals surface area (Å²) in [4.78, 5) is 18.0. The molecule has 0 aliphatic rings. The third-order valence-electron chi connectivity index (χ3n) is 4.10. The number of ether oxygens (including phenoxy) is 1. The summed E-state index contributed by atoms with van der Waals surface area (Å²) >= 11 is 5.92. The summed E-state index contributed by atoms with van der Waals surface area (Å²) in [7, 11) is 5.10. The van der Waals surface area contributed by atoms with E-state index in [1.54, 1.807) is 26.1 Å². The molecule has 0 aliphatic heterocycles. The fourth-order valence-corrected chi connectivity index (χ4v) is 2.50. The van der Waals surface area contributed by atoms with Gasteiger partial charge >= 0.3 is 0 Å². The number of rotatable bonds is 8. The van der Waals surface area contributed by atoms with Gasteiger partial charge in [0.1, 0.15) is 5.75 Å². The largest absolute Gasteiger partial charge is 0.497 e. The summed E-state index contributed by atoms with van der Waals surface area (Å²) in [6.07, 6.45) is 0.821. The molecule has 0 bridgehead atoms. The first-order chi connectivity index (χ1) is 13.5. The van der Waals surface area contributed by atoms with Crippen molar-refractivity contribution in [3.63, 3.8) is 0 Å². The molecule has 0 spiro atoms. The molecule has 0 unspecified atom stereocenters. The van der Waals surface area contributed by atoms with Crippen LogP contribution in [0.2, 0.25) is 5.02 Å². The van der Waals surface area contributed by atoms with Crippen molar-refractivity contribution in [2.24, 2.45) is 4.99 Å². The number of nitrogens with zero attached hydrogens (tertiary/aromatic N) is 2. The zero-order chi connectivity index (χ0) is 20.4. The number of halogens is 2. The van der Waals surface area contributed by atoms with Gasteiger partial charge in [-0.25, -0.2) is 4.99 Å². The second kappa shape index (κ2) is 13.3. The molecule has 0 aromatic heterocycles. The molecule has 2 aromatic rings. The van der Waals surface area contributed by atoms with Gasteiger partial charge in [-0.15, -0.1) is 24.0 Å². The van der Waals surface area contributed by atoms with Crippen LogP contribution in [-0.2, 0) is 17.8 Å². The van der Waals surface area contributed by atoms with Crippen molar-refractivity contribution in [2.75, 3.05) is 34.3 Å². The fourth-order valence-electron chi connectivity index (χ4n) is 2.37. The minimum absolute atomic E-state index is 0. The van der Waals surface area contributed by atoms with Crippen molar-refractivity contribution in [1.82, 2.24) is 15.5 Å². The molecule has 0 heterocycles. The van der Waals surface area contributed by atoms with E-state index in [-0.39, 0.29) is 36.4 Å². The molecule has 0 atom stereocenters. The average molecular weight is 531 g/mol. The maximum atomic E-state index is 11.9. The van der Waals surface area contributed by atoms with Crippen LogP contribution in [0.5, 0.6) is 5.75 Å². The monoisotopic (exact) mass is 530 g/mol. The maximum Gasteiger partial charge on any atom is 0.241 e. The molecule has 29 heavy (non-hydrogen) atoms. The van der Waals surface area contributed by atoms with Gasteiger partial charge < -0.3 is 20.3 Å². The number of likely N-dealkylation sites (N-methyl/N-ethyl adjacent to an activating group) is 1. The molecule has 6 nitrogen and oxygen atoms in total. The highest BCUT2D eigenvalue weighted by atomic mass is 127. The van der Waals surface area contributed by atoms with Gasteiger partial charge in [0.25, 0.3) is 0 Å². The SMILES string of the molecule is COc1ccc(CN=C(NCCc2ccc(Cl)cc2)NCC(=O)N(C)C)cc1.I. The summed E-state index contributed by atoms with van der Waals surface area (Å²) in [5.41, 5.74) is 2.23. The first kappa shape index (κ1) is 25.0. The number of amides is 1. The van der Waals surface area contributed by atoms with E-state index < -0.39 is 0 Å². The van der Waals surface area contributed by atoms with E-state index in [0.29, 0.717) is 19.0 Å². The molecule has 0 radical (unpaired) electrons. The van der Waals surface area contributed by atoms with Gasteiger partial charge in [-0.2, -0.15) is 0 Å². The number of carbonyl (C=O) groups excluding carboxylic acids is 1. The van der Waals surface area contributed by atoms with Gasteiger partial charge in [0, 0.05) is 25.7 Å². The smallest absolute Gasteiger partial charge is 0.241 e.